The van der Waals surface area contributed by atoms with Gasteiger partial charge in [-0.15, -0.1) is 5.10 Å². The quantitative estimate of drug-likeness (QED) is 0.521. The average molecular weight is 449 g/mol. The number of hydrogen-bond donors (Lipinski definition) is 1. The fraction of sp³-hybridized carbons (Fsp3) is 0.320. The molecule has 2 aromatic carbocycles. The van der Waals surface area contributed by atoms with Gasteiger partial charge in [0.1, 0.15) is 11.9 Å². The Morgan fingerprint density at radius 2 is 1.91 bits per heavy atom. The van der Waals surface area contributed by atoms with Crippen molar-refractivity contribution in [2.24, 2.45) is 5.41 Å². The summed E-state index contributed by atoms with van der Waals surface area (Å²) in [5.41, 5.74) is 4.79. The summed E-state index contributed by atoms with van der Waals surface area (Å²) in [4.78, 5) is 18.0. The lowest BCUT2D eigenvalue weighted by atomic mass is 9.73. The number of allylic oxidation sites excluding steroid dienone is 2. The van der Waals surface area contributed by atoms with E-state index in [0.717, 1.165) is 23.4 Å². The Morgan fingerprint density at radius 1 is 1.16 bits per heavy atom. The van der Waals surface area contributed by atoms with E-state index in [0.29, 0.717) is 23.1 Å². The first-order valence-corrected chi connectivity index (χ1v) is 11.7. The second kappa shape index (κ2) is 7.89. The number of aryl methyl sites for hydroxylation is 1. The molecule has 1 atom stereocenters. The number of anilines is 1. The smallest absolute Gasteiger partial charge is 0.227 e. The summed E-state index contributed by atoms with van der Waals surface area (Å²) in [6, 6.07) is 14.2. The number of rotatable bonds is 4. The summed E-state index contributed by atoms with van der Waals surface area (Å²) in [6.45, 7) is 6.30. The molecule has 1 aliphatic carbocycles. The zero-order valence-electron chi connectivity index (χ0n) is 18.4. The number of hydrogen-bond acceptors (Lipinski definition) is 5. The van der Waals surface area contributed by atoms with Crippen molar-refractivity contribution in [1.29, 1.82) is 0 Å². The second-order valence-electron chi connectivity index (χ2n) is 9.29. The lowest BCUT2D eigenvalue weighted by Gasteiger charge is -2.38. The zero-order valence-corrected chi connectivity index (χ0v) is 19.2. The maximum Gasteiger partial charge on any atom is 0.227 e. The van der Waals surface area contributed by atoms with Crippen molar-refractivity contribution in [3.8, 4) is 0 Å². The summed E-state index contributed by atoms with van der Waals surface area (Å²) >= 11 is 1.57. The highest BCUT2D eigenvalue weighted by molar-refractivity contribution is 7.98. The molecule has 0 saturated carbocycles. The molecular formula is C25H25FN4OS. The number of nitrogens with zero attached hydrogens (tertiary/aromatic N) is 3. The summed E-state index contributed by atoms with van der Waals surface area (Å²) < 4.78 is 15.4. The molecule has 0 fully saturated rings. The largest absolute Gasteiger partial charge is 0.328 e. The Hall–Kier alpha value is -2.93. The van der Waals surface area contributed by atoms with Crippen LogP contribution in [0.25, 0.3) is 0 Å². The van der Waals surface area contributed by atoms with Crippen LogP contribution in [-0.2, 0) is 10.5 Å². The predicted octanol–water partition coefficient (Wildman–Crippen LogP) is 5.68. The number of aromatic nitrogens is 3. The molecule has 32 heavy (non-hydrogen) atoms. The zero-order chi connectivity index (χ0) is 22.5. The molecule has 0 saturated heterocycles. The van der Waals surface area contributed by atoms with Gasteiger partial charge in [-0.05, 0) is 47.6 Å². The van der Waals surface area contributed by atoms with Crippen molar-refractivity contribution in [2.75, 3.05) is 5.32 Å². The number of thioether (sulfide) groups is 1. The van der Waals surface area contributed by atoms with Gasteiger partial charge in [-0.2, -0.15) is 4.98 Å². The number of benzene rings is 2. The highest BCUT2D eigenvalue weighted by atomic mass is 32.2. The van der Waals surface area contributed by atoms with Gasteiger partial charge < -0.3 is 5.32 Å². The van der Waals surface area contributed by atoms with Crippen molar-refractivity contribution in [3.05, 3.63) is 82.3 Å². The molecule has 7 heteroatoms. The molecule has 0 spiro atoms. The van der Waals surface area contributed by atoms with Gasteiger partial charge in [-0.3, -0.25) is 4.79 Å². The van der Waals surface area contributed by atoms with Crippen LogP contribution < -0.4 is 5.32 Å². The SMILES string of the molecule is Cc1ccccc1CSc1nc2n(n1)C(c1ccc(F)cc1)C1=C(CC(C)(C)CC1=O)N2. The molecule has 1 aliphatic heterocycles. The van der Waals surface area contributed by atoms with Crippen LogP contribution in [0.2, 0.25) is 0 Å². The van der Waals surface area contributed by atoms with E-state index in [4.69, 9.17) is 10.1 Å². The third kappa shape index (κ3) is 3.86. The van der Waals surface area contributed by atoms with Crippen molar-refractivity contribution in [1.82, 2.24) is 14.8 Å². The molecule has 2 heterocycles. The van der Waals surface area contributed by atoms with Gasteiger partial charge >= 0.3 is 0 Å². The monoisotopic (exact) mass is 448 g/mol. The minimum atomic E-state index is -0.411. The van der Waals surface area contributed by atoms with Gasteiger partial charge in [0.2, 0.25) is 11.1 Å². The van der Waals surface area contributed by atoms with Crippen LogP contribution in [0.4, 0.5) is 10.3 Å². The average Bonchev–Trinajstić information content (AvgIpc) is 3.14. The van der Waals surface area contributed by atoms with E-state index in [2.05, 4.69) is 38.2 Å². The van der Waals surface area contributed by atoms with Crippen LogP contribution in [0.3, 0.4) is 0 Å². The molecule has 1 unspecified atom stereocenters. The molecule has 0 amide bonds. The van der Waals surface area contributed by atoms with E-state index in [1.807, 2.05) is 12.1 Å². The second-order valence-corrected chi connectivity index (χ2v) is 10.2. The highest BCUT2D eigenvalue weighted by Gasteiger charge is 2.41. The van der Waals surface area contributed by atoms with E-state index in [1.165, 1.54) is 23.3 Å². The van der Waals surface area contributed by atoms with Crippen LogP contribution in [-0.4, -0.2) is 20.5 Å². The molecule has 0 bridgehead atoms. The summed E-state index contributed by atoms with van der Waals surface area (Å²) in [7, 11) is 0. The first-order chi connectivity index (χ1) is 15.3. The first kappa shape index (κ1) is 20.9. The van der Waals surface area contributed by atoms with E-state index >= 15 is 0 Å². The molecule has 3 aromatic rings. The van der Waals surface area contributed by atoms with Gasteiger partial charge in [0.15, 0.2) is 5.78 Å². The van der Waals surface area contributed by atoms with E-state index in [9.17, 15) is 9.18 Å². The van der Waals surface area contributed by atoms with Gasteiger partial charge in [0.05, 0.1) is 0 Å². The number of fused-ring (bicyclic) bond motifs is 1. The third-order valence-electron chi connectivity index (χ3n) is 6.12. The van der Waals surface area contributed by atoms with Crippen LogP contribution in [0.1, 0.15) is 49.4 Å². The summed E-state index contributed by atoms with van der Waals surface area (Å²) in [5.74, 6) is 1.18. The molecule has 1 aromatic heterocycles. The fourth-order valence-electron chi connectivity index (χ4n) is 4.52. The van der Waals surface area contributed by atoms with Crippen molar-refractivity contribution < 1.29 is 9.18 Å². The molecule has 2 aliphatic rings. The minimum Gasteiger partial charge on any atom is -0.328 e. The summed E-state index contributed by atoms with van der Waals surface area (Å²) in [6.07, 6.45) is 1.23. The fourth-order valence-corrected chi connectivity index (χ4v) is 5.42. The Kier molecular flexibility index (Phi) is 5.16. The Labute approximate surface area is 191 Å². The third-order valence-corrected chi connectivity index (χ3v) is 7.00. The predicted molar refractivity (Wildman–Crippen MR) is 124 cm³/mol. The number of nitrogens with one attached hydrogen (secondary N) is 1. The maximum atomic E-state index is 13.6. The number of carbonyl (C=O) groups excluding carboxylic acids is 1. The lowest BCUT2D eigenvalue weighted by molar-refractivity contribution is -0.118. The number of Topliss-reactive ketones (excluding diaryl/α,β-unsaturated/α-hetero) is 1. The molecule has 5 rings (SSSR count). The van der Waals surface area contributed by atoms with Crippen molar-refractivity contribution in [2.45, 2.75) is 50.6 Å². The van der Waals surface area contributed by atoms with E-state index < -0.39 is 6.04 Å². The Balaban J connectivity index is 1.53. The van der Waals surface area contributed by atoms with Crippen LogP contribution in [0.15, 0.2) is 65.0 Å². The van der Waals surface area contributed by atoms with Gasteiger partial charge in [0, 0.05) is 23.4 Å². The van der Waals surface area contributed by atoms with Gasteiger partial charge in [0.25, 0.3) is 0 Å². The topological polar surface area (TPSA) is 59.8 Å². The van der Waals surface area contributed by atoms with Crippen molar-refractivity contribution in [3.63, 3.8) is 0 Å². The van der Waals surface area contributed by atoms with E-state index in [-0.39, 0.29) is 17.0 Å². The number of ketones is 1. The number of halogens is 1. The van der Waals surface area contributed by atoms with Crippen molar-refractivity contribution >= 4 is 23.5 Å². The lowest BCUT2D eigenvalue weighted by Crippen LogP contribution is -2.36. The normalized spacial score (nSPS) is 19.4. The van der Waals surface area contributed by atoms with Gasteiger partial charge in [-0.25, -0.2) is 9.07 Å². The first-order valence-electron chi connectivity index (χ1n) is 10.7. The molecule has 5 nitrogen and oxygen atoms in total. The minimum absolute atomic E-state index is 0.105. The standard InChI is InChI=1S/C25H25FN4OS/c1-15-6-4-5-7-17(15)14-32-24-28-23-27-19-12-25(2,3)13-20(31)21(19)22(30(23)29-24)16-8-10-18(26)11-9-16/h4-11,22H,12-14H2,1-3H3,(H,27,28,29). The van der Waals surface area contributed by atoms with E-state index in [1.54, 1.807) is 28.6 Å². The highest BCUT2D eigenvalue weighted by Crippen LogP contribution is 2.45. The maximum absolute atomic E-state index is 13.6. The van der Waals surface area contributed by atoms with Crippen LogP contribution in [0, 0.1) is 18.2 Å². The Bertz CT molecular complexity index is 1230. The molecule has 0 radical (unpaired) electrons. The summed E-state index contributed by atoms with van der Waals surface area (Å²) in [5, 5.41) is 8.80. The molecular weight excluding hydrogens is 423 g/mol. The molecule has 1 N–H and O–H groups in total. The number of carbonyl (C=O) groups is 1. The Morgan fingerprint density at radius 3 is 2.66 bits per heavy atom. The van der Waals surface area contributed by atoms with Crippen LogP contribution >= 0.6 is 11.8 Å². The van der Waals surface area contributed by atoms with Gasteiger partial charge in [-0.1, -0.05) is 62.0 Å². The molecule has 164 valence electrons. The van der Waals surface area contributed by atoms with Crippen LogP contribution in [0.5, 0.6) is 0 Å².